The van der Waals surface area contributed by atoms with Crippen LogP contribution >= 0.6 is 22.9 Å². The number of benzene rings is 2. The molecule has 2 heterocycles. The fourth-order valence-corrected chi connectivity index (χ4v) is 4.82. The number of carbonyl (C=O) groups is 2. The van der Waals surface area contributed by atoms with Crippen LogP contribution in [0.1, 0.15) is 22.0 Å². The number of nitrogens with zero attached hydrogens (tertiary/aromatic N) is 1. The molecule has 3 aromatic rings. The van der Waals surface area contributed by atoms with Gasteiger partial charge in [-0.25, -0.2) is 4.39 Å². The van der Waals surface area contributed by atoms with Crippen molar-refractivity contribution < 1.29 is 23.8 Å². The number of methoxy groups -OCH3 is 1. The second-order valence-electron chi connectivity index (χ2n) is 6.96. The van der Waals surface area contributed by atoms with Gasteiger partial charge in [-0.3, -0.25) is 14.5 Å². The first-order chi connectivity index (χ1) is 14.8. The van der Waals surface area contributed by atoms with Crippen LogP contribution in [0, 0.1) is 12.7 Å². The summed E-state index contributed by atoms with van der Waals surface area (Å²) in [5, 5.41) is 13.4. The number of anilines is 1. The molecular formula is C23H17ClFNO4S. The summed E-state index contributed by atoms with van der Waals surface area (Å²) in [4.78, 5) is 28.2. The van der Waals surface area contributed by atoms with Gasteiger partial charge in [0.15, 0.2) is 0 Å². The molecule has 1 fully saturated rings. The predicted octanol–water partition coefficient (Wildman–Crippen LogP) is 5.48. The summed E-state index contributed by atoms with van der Waals surface area (Å²) >= 11 is 7.46. The molecule has 0 aliphatic carbocycles. The van der Waals surface area contributed by atoms with Gasteiger partial charge in [-0.2, -0.15) is 0 Å². The zero-order chi connectivity index (χ0) is 22.3. The maximum Gasteiger partial charge on any atom is 0.300 e. The second kappa shape index (κ2) is 8.17. The van der Waals surface area contributed by atoms with Crippen molar-refractivity contribution in [3.05, 3.63) is 86.3 Å². The van der Waals surface area contributed by atoms with Gasteiger partial charge in [0.25, 0.3) is 11.7 Å². The van der Waals surface area contributed by atoms with Gasteiger partial charge in [-0.05, 0) is 66.4 Å². The molecule has 1 saturated heterocycles. The molecule has 1 N–H and O–H groups in total. The van der Waals surface area contributed by atoms with E-state index in [0.717, 1.165) is 5.56 Å². The van der Waals surface area contributed by atoms with Crippen LogP contribution in [0.2, 0.25) is 5.02 Å². The molecule has 1 atom stereocenters. The maximum atomic E-state index is 13.5. The third-order valence-corrected chi connectivity index (χ3v) is 6.42. The van der Waals surface area contributed by atoms with Crippen molar-refractivity contribution in [3.63, 3.8) is 0 Å². The van der Waals surface area contributed by atoms with E-state index in [1.807, 2.05) is 18.4 Å². The number of thiophene rings is 1. The fourth-order valence-electron chi connectivity index (χ4n) is 3.62. The van der Waals surface area contributed by atoms with Gasteiger partial charge in [0, 0.05) is 15.6 Å². The van der Waals surface area contributed by atoms with Crippen LogP contribution in [0.4, 0.5) is 10.1 Å². The van der Waals surface area contributed by atoms with Gasteiger partial charge in [0.2, 0.25) is 0 Å². The lowest BCUT2D eigenvalue weighted by Crippen LogP contribution is -2.29. The lowest BCUT2D eigenvalue weighted by molar-refractivity contribution is -0.132. The van der Waals surface area contributed by atoms with Crippen molar-refractivity contribution >= 4 is 46.1 Å². The Labute approximate surface area is 187 Å². The number of ketones is 1. The summed E-state index contributed by atoms with van der Waals surface area (Å²) in [6.45, 7) is 1.86. The van der Waals surface area contributed by atoms with Crippen LogP contribution in [0.15, 0.2) is 59.5 Å². The molecule has 31 heavy (non-hydrogen) atoms. The Hall–Kier alpha value is -3.16. The molecule has 5 nitrogen and oxygen atoms in total. The minimum absolute atomic E-state index is 0.0829. The van der Waals surface area contributed by atoms with Crippen LogP contribution in [0.3, 0.4) is 0 Å². The Morgan fingerprint density at radius 2 is 1.87 bits per heavy atom. The molecule has 1 amide bonds. The average molecular weight is 458 g/mol. The van der Waals surface area contributed by atoms with Gasteiger partial charge in [-0.1, -0.05) is 11.6 Å². The smallest absolute Gasteiger partial charge is 0.300 e. The lowest BCUT2D eigenvalue weighted by Gasteiger charge is -2.25. The number of rotatable bonds is 4. The van der Waals surface area contributed by atoms with Crippen molar-refractivity contribution in [2.24, 2.45) is 0 Å². The number of carbonyl (C=O) groups excluding carboxylic acids is 2. The topological polar surface area (TPSA) is 66.8 Å². The van der Waals surface area contributed by atoms with Crippen LogP contribution in [-0.4, -0.2) is 23.9 Å². The Kier molecular flexibility index (Phi) is 5.56. The number of aliphatic hydroxyl groups is 1. The largest absolute Gasteiger partial charge is 0.507 e. The molecule has 0 radical (unpaired) electrons. The number of halogens is 2. The van der Waals surface area contributed by atoms with Gasteiger partial charge in [0.05, 0.1) is 18.2 Å². The predicted molar refractivity (Wildman–Crippen MR) is 118 cm³/mol. The normalized spacial score (nSPS) is 17.9. The molecule has 0 saturated carbocycles. The van der Waals surface area contributed by atoms with Crippen LogP contribution in [0.5, 0.6) is 5.75 Å². The van der Waals surface area contributed by atoms with E-state index in [-0.39, 0.29) is 16.9 Å². The Balaban J connectivity index is 1.98. The third kappa shape index (κ3) is 3.60. The number of Topliss-reactive ketones (excluding diaryl/α,β-unsaturated/α-hetero) is 1. The molecule has 0 bridgehead atoms. The van der Waals surface area contributed by atoms with Gasteiger partial charge < -0.3 is 9.84 Å². The molecule has 1 aliphatic heterocycles. The highest BCUT2D eigenvalue weighted by molar-refractivity contribution is 7.10. The summed E-state index contributed by atoms with van der Waals surface area (Å²) in [5.41, 5.74) is 1.32. The second-order valence-corrected chi connectivity index (χ2v) is 8.34. The van der Waals surface area contributed by atoms with Crippen LogP contribution in [0.25, 0.3) is 5.76 Å². The van der Waals surface area contributed by atoms with E-state index < -0.39 is 23.5 Å². The number of aryl methyl sites for hydroxylation is 1. The first-order valence-electron chi connectivity index (χ1n) is 9.28. The maximum absolute atomic E-state index is 13.5. The van der Waals surface area contributed by atoms with Crippen LogP contribution in [-0.2, 0) is 9.59 Å². The first-order valence-corrected chi connectivity index (χ1v) is 10.5. The van der Waals surface area contributed by atoms with Gasteiger partial charge >= 0.3 is 0 Å². The SMILES string of the molecule is COc1ccc(Cl)cc1/C(O)=C1\C(=O)C(=O)N(c2ccc(F)cc2)C1c1sccc1C. The Morgan fingerprint density at radius 1 is 1.16 bits per heavy atom. The third-order valence-electron chi connectivity index (χ3n) is 5.12. The van der Waals surface area contributed by atoms with Crippen molar-refractivity contribution in [2.45, 2.75) is 13.0 Å². The summed E-state index contributed by atoms with van der Waals surface area (Å²) in [6, 6.07) is 10.9. The zero-order valence-electron chi connectivity index (χ0n) is 16.6. The zero-order valence-corrected chi connectivity index (χ0v) is 18.1. The summed E-state index contributed by atoms with van der Waals surface area (Å²) in [6.07, 6.45) is 0. The average Bonchev–Trinajstić information content (AvgIpc) is 3.29. The molecule has 4 rings (SSSR count). The van der Waals surface area contributed by atoms with E-state index in [9.17, 15) is 19.1 Å². The van der Waals surface area contributed by atoms with E-state index in [4.69, 9.17) is 16.3 Å². The Morgan fingerprint density at radius 3 is 2.48 bits per heavy atom. The van der Waals surface area contributed by atoms with Crippen molar-refractivity contribution in [3.8, 4) is 5.75 Å². The molecular weight excluding hydrogens is 441 g/mol. The van der Waals surface area contributed by atoms with E-state index in [2.05, 4.69) is 0 Å². The molecule has 8 heteroatoms. The number of hydrogen-bond acceptors (Lipinski definition) is 5. The highest BCUT2D eigenvalue weighted by Gasteiger charge is 2.48. The number of aliphatic hydroxyl groups excluding tert-OH is 1. The monoisotopic (exact) mass is 457 g/mol. The molecule has 1 unspecified atom stereocenters. The minimum Gasteiger partial charge on any atom is -0.507 e. The molecule has 1 aromatic heterocycles. The van der Waals surface area contributed by atoms with Crippen molar-refractivity contribution in [1.82, 2.24) is 0 Å². The van der Waals surface area contributed by atoms with Crippen LogP contribution < -0.4 is 9.64 Å². The standard InChI is InChI=1S/C23H17ClFNO4S/c1-12-9-10-31-22(12)19-18(20(27)16-11-13(24)3-8-17(16)30-2)21(28)23(29)26(19)15-6-4-14(25)5-7-15/h3-11,19,27H,1-2H3/b20-18+. The number of ether oxygens (including phenoxy) is 1. The van der Waals surface area contributed by atoms with E-state index >= 15 is 0 Å². The first kappa shape index (κ1) is 21.1. The summed E-state index contributed by atoms with van der Waals surface area (Å²) in [7, 11) is 1.43. The highest BCUT2D eigenvalue weighted by Crippen LogP contribution is 2.45. The Bertz CT molecular complexity index is 1220. The highest BCUT2D eigenvalue weighted by atomic mass is 35.5. The van der Waals surface area contributed by atoms with Gasteiger partial charge in [0.1, 0.15) is 23.4 Å². The lowest BCUT2D eigenvalue weighted by atomic mass is 9.98. The fraction of sp³-hybridized carbons (Fsp3) is 0.130. The quantitative estimate of drug-likeness (QED) is 0.320. The number of hydrogen-bond donors (Lipinski definition) is 1. The van der Waals surface area contributed by atoms with E-state index in [1.165, 1.54) is 53.7 Å². The summed E-state index contributed by atoms with van der Waals surface area (Å²) in [5.74, 6) is -2.21. The molecule has 1 aliphatic rings. The van der Waals surface area contributed by atoms with E-state index in [0.29, 0.717) is 21.3 Å². The van der Waals surface area contributed by atoms with Gasteiger partial charge in [-0.15, -0.1) is 11.3 Å². The molecule has 158 valence electrons. The minimum atomic E-state index is -0.880. The van der Waals surface area contributed by atoms with E-state index in [1.54, 1.807) is 12.1 Å². The summed E-state index contributed by atoms with van der Waals surface area (Å²) < 4.78 is 18.8. The van der Waals surface area contributed by atoms with Crippen molar-refractivity contribution in [2.75, 3.05) is 12.0 Å². The molecule has 0 spiro atoms. The molecule has 2 aromatic carbocycles. The number of amides is 1. The van der Waals surface area contributed by atoms with Crippen molar-refractivity contribution in [1.29, 1.82) is 0 Å².